The molecular weight excluding hydrogens is 1090 g/mol. The predicted molar refractivity (Wildman–Crippen MR) is 313 cm³/mol. The van der Waals surface area contributed by atoms with Crippen LogP contribution in [0.5, 0.6) is 0 Å². The molecule has 5 atom stereocenters. The summed E-state index contributed by atoms with van der Waals surface area (Å²) in [7, 11) is 1.52. The minimum absolute atomic E-state index is 0.0148. The Bertz CT molecular complexity index is 3090. The van der Waals surface area contributed by atoms with Crippen LogP contribution >= 0.6 is 23.1 Å². The fourth-order valence-corrected chi connectivity index (χ4v) is 11.5. The van der Waals surface area contributed by atoms with E-state index in [1.54, 1.807) is 18.2 Å². The van der Waals surface area contributed by atoms with E-state index in [0.29, 0.717) is 95.6 Å². The summed E-state index contributed by atoms with van der Waals surface area (Å²) in [6, 6.07) is 15.1. The van der Waals surface area contributed by atoms with Gasteiger partial charge in [-0.15, -0.1) is 23.1 Å². The smallest absolute Gasteiger partial charge is 0.407 e. The van der Waals surface area contributed by atoms with E-state index in [1.807, 2.05) is 48.5 Å². The third kappa shape index (κ3) is 17.8. The number of thiazole rings is 1. The quantitative estimate of drug-likeness (QED) is 0.0177. The number of aromatic nitrogens is 3. The molecule has 3 aromatic carbocycles. The maximum Gasteiger partial charge on any atom is 0.407 e. The molecule has 0 saturated heterocycles. The van der Waals surface area contributed by atoms with Crippen LogP contribution in [0.2, 0.25) is 0 Å². The van der Waals surface area contributed by atoms with E-state index < -0.39 is 65.9 Å². The van der Waals surface area contributed by atoms with Crippen molar-refractivity contribution in [2.24, 2.45) is 15.7 Å². The highest BCUT2D eigenvalue weighted by molar-refractivity contribution is 8.15. The Morgan fingerprint density at radius 2 is 1.32 bits per heavy atom. The van der Waals surface area contributed by atoms with E-state index in [1.165, 1.54) is 56.5 Å². The number of carbonyl (C=O) groups excluding carboxylic acids is 7. The molecule has 0 fully saturated rings. The number of unbranched alkanes of at least 4 members (excludes halogenated alkanes) is 3. The van der Waals surface area contributed by atoms with Crippen LogP contribution in [0, 0.1) is 0 Å². The molecule has 0 unspecified atom stereocenters. The molecule has 1 aliphatic carbocycles. The van der Waals surface area contributed by atoms with Crippen molar-refractivity contribution in [3.8, 4) is 11.1 Å². The highest BCUT2D eigenvalue weighted by atomic mass is 32.2. The van der Waals surface area contributed by atoms with Gasteiger partial charge in [-0.2, -0.15) is 0 Å². The number of carbonyl (C=O) groups is 8. The highest BCUT2D eigenvalue weighted by Crippen LogP contribution is 2.44. The van der Waals surface area contributed by atoms with Gasteiger partial charge < -0.3 is 63.1 Å². The number of fused-ring (bicyclic) bond motifs is 4. The van der Waals surface area contributed by atoms with Crippen LogP contribution in [-0.4, -0.2) is 148 Å². The van der Waals surface area contributed by atoms with Crippen LogP contribution < -0.4 is 48.3 Å². The van der Waals surface area contributed by atoms with Gasteiger partial charge in [0.05, 0.1) is 16.5 Å². The molecule has 26 heteroatoms. The van der Waals surface area contributed by atoms with Gasteiger partial charge in [0, 0.05) is 76.2 Å². The van der Waals surface area contributed by atoms with Crippen LogP contribution in [-0.2, 0) is 44.7 Å². The molecule has 436 valence electrons. The molecule has 3 heterocycles. The van der Waals surface area contributed by atoms with E-state index in [-0.39, 0.29) is 56.0 Å². The molecule has 2 aliphatic rings. The Kier molecular flexibility index (Phi) is 22.7. The van der Waals surface area contributed by atoms with E-state index in [0.717, 1.165) is 22.3 Å². The number of carboxylic acid groups (broad SMARTS) is 1. The number of anilines is 1. The monoisotopic (exact) mass is 1160 g/mol. The zero-order chi connectivity index (χ0) is 58.5. The predicted octanol–water partition coefficient (Wildman–Crippen LogP) is 3.83. The van der Waals surface area contributed by atoms with Gasteiger partial charge in [0.25, 0.3) is 0 Å². The van der Waals surface area contributed by atoms with Crippen LogP contribution in [0.3, 0.4) is 0 Å². The largest absolute Gasteiger partial charge is 0.480 e. The number of carboxylic acids is 1. The second-order valence-electron chi connectivity index (χ2n) is 19.8. The average molecular weight is 1160 g/mol. The number of guanidine groups is 1. The first-order valence-electron chi connectivity index (χ1n) is 27.2. The lowest BCUT2D eigenvalue weighted by Gasteiger charge is -2.27. The number of nitrogens with zero attached hydrogens (tertiary/aromatic N) is 4. The van der Waals surface area contributed by atoms with Crippen molar-refractivity contribution in [2.75, 3.05) is 44.4 Å². The van der Waals surface area contributed by atoms with Gasteiger partial charge >= 0.3 is 12.1 Å². The number of amides is 7. The summed E-state index contributed by atoms with van der Waals surface area (Å²) in [6.07, 6.45) is 5.04. The number of alkyl carbamates (subject to hydrolysis) is 1. The topological polar surface area (TPSA) is 355 Å². The number of imidazole rings is 1. The van der Waals surface area contributed by atoms with Crippen molar-refractivity contribution in [1.82, 2.24) is 52.2 Å². The van der Waals surface area contributed by atoms with Crippen molar-refractivity contribution in [3.63, 3.8) is 0 Å². The number of nitrogens with two attached hydrogens (primary N) is 1. The number of ether oxygens (including phenoxy) is 1. The van der Waals surface area contributed by atoms with Crippen molar-refractivity contribution in [3.05, 3.63) is 101 Å². The minimum atomic E-state index is -1.33. The average Bonchev–Trinajstić information content (AvgIpc) is 3.75. The second kappa shape index (κ2) is 30.4. The molecule has 0 radical (unpaired) electrons. The zero-order valence-electron chi connectivity index (χ0n) is 45.9. The first-order valence-corrected chi connectivity index (χ1v) is 29.0. The third-order valence-electron chi connectivity index (χ3n) is 13.7. The van der Waals surface area contributed by atoms with Crippen LogP contribution in [0.25, 0.3) is 21.3 Å². The van der Waals surface area contributed by atoms with E-state index >= 15 is 0 Å². The summed E-state index contributed by atoms with van der Waals surface area (Å²) in [5.74, 6) is -3.91. The SMILES string of the molecule is CN=C(N)NCCC[C@H](NC(=O)OCC1c2ccccc2-c2ccccc21)C(=O)N[C@@H](Cc1cnc[nH]1)C(=O)N[C@@H](CCCCCNC(C)=O)C(=O)N[C@@H](CCCCNC(C)=O)C(=O)Nc1ccc2nc(C3=N[C@@H](C(=O)O)CS3)sc2c1. The van der Waals surface area contributed by atoms with Crippen molar-refractivity contribution in [2.45, 2.75) is 114 Å². The van der Waals surface area contributed by atoms with Crippen LogP contribution in [0.4, 0.5) is 10.5 Å². The lowest BCUT2D eigenvalue weighted by Crippen LogP contribution is -2.58. The van der Waals surface area contributed by atoms with Gasteiger partial charge in [0.2, 0.25) is 35.4 Å². The molecular formula is C56H70N14O10S2. The minimum Gasteiger partial charge on any atom is -0.480 e. The Morgan fingerprint density at radius 3 is 1.94 bits per heavy atom. The van der Waals surface area contributed by atoms with E-state index in [9.17, 15) is 43.5 Å². The lowest BCUT2D eigenvalue weighted by molar-refractivity contribution is -0.137. The zero-order valence-corrected chi connectivity index (χ0v) is 47.5. The van der Waals surface area contributed by atoms with Crippen molar-refractivity contribution in [1.29, 1.82) is 0 Å². The molecule has 0 bridgehead atoms. The summed E-state index contributed by atoms with van der Waals surface area (Å²) in [4.78, 5) is 127. The van der Waals surface area contributed by atoms with Gasteiger partial charge in [-0.05, 0) is 85.4 Å². The number of hydrogen-bond acceptors (Lipinski definition) is 15. The molecule has 0 spiro atoms. The molecule has 12 N–H and O–H groups in total. The summed E-state index contributed by atoms with van der Waals surface area (Å²) in [5.41, 5.74) is 11.5. The summed E-state index contributed by atoms with van der Waals surface area (Å²) >= 11 is 2.60. The van der Waals surface area contributed by atoms with E-state index in [2.05, 4.69) is 67.5 Å². The van der Waals surface area contributed by atoms with Gasteiger partial charge in [0.1, 0.15) is 40.8 Å². The van der Waals surface area contributed by atoms with Gasteiger partial charge in [0.15, 0.2) is 12.0 Å². The number of nitrogens with one attached hydrogen (secondary N) is 9. The van der Waals surface area contributed by atoms with Crippen molar-refractivity contribution < 1.29 is 48.2 Å². The number of thioether (sulfide) groups is 1. The van der Waals surface area contributed by atoms with Crippen LogP contribution in [0.1, 0.15) is 99.4 Å². The Labute approximate surface area is 482 Å². The third-order valence-corrected chi connectivity index (χ3v) is 15.9. The number of rotatable bonds is 30. The number of aliphatic carboxylic acids is 1. The number of aliphatic imine (C=N–C) groups is 2. The number of hydrogen-bond donors (Lipinski definition) is 11. The van der Waals surface area contributed by atoms with Gasteiger partial charge in [-0.25, -0.2) is 19.6 Å². The maximum atomic E-state index is 14.7. The van der Waals surface area contributed by atoms with Crippen LogP contribution in [0.15, 0.2) is 89.2 Å². The number of H-pyrrole nitrogens is 1. The Morgan fingerprint density at radius 1 is 0.732 bits per heavy atom. The lowest BCUT2D eigenvalue weighted by atomic mass is 9.98. The molecule has 82 heavy (non-hydrogen) atoms. The maximum absolute atomic E-state index is 14.7. The fourth-order valence-electron chi connectivity index (χ4n) is 9.43. The fraction of sp³-hybridized carbons (Fsp3) is 0.429. The molecule has 7 amide bonds. The Balaban J connectivity index is 1.08. The summed E-state index contributed by atoms with van der Waals surface area (Å²) in [6.45, 7) is 3.82. The molecule has 7 rings (SSSR count). The number of aromatic amines is 1. The van der Waals surface area contributed by atoms with Gasteiger partial charge in [-0.1, -0.05) is 61.4 Å². The van der Waals surface area contributed by atoms with Crippen molar-refractivity contribution >= 4 is 97.5 Å². The molecule has 5 aromatic rings. The molecule has 2 aromatic heterocycles. The normalized spacial score (nSPS) is 15.1. The first-order chi connectivity index (χ1) is 39.6. The molecule has 0 saturated carbocycles. The second-order valence-corrected chi connectivity index (χ2v) is 21.8. The standard InChI is InChI=1S/C56H70N14O10S2/c1-32(71)60-23-11-4-5-18-43(49(74)65-42(19-10-12-24-61-33(2)72)48(73)64-34-21-22-41-47(27-34)82-53(68-41)52-69-46(30-81-52)54(77)78)66-51(76)45(26-35-28-59-31-63-35)67-50(75)44(20-13-25-62-55(57)58-3)70-56(79)80-29-40-38-16-8-6-14-36(38)37-15-7-9-17-39(37)40/h6-9,14-17,21-22,27-28,31,40,42-46H,4-5,10-13,18-20,23-26,29-30H2,1-3H3,(H,59,63)(H,60,71)(H,61,72)(H,64,73)(H,65,74)(H,66,76)(H,67,75)(H,70,79)(H,77,78)(H3,57,58,62)/t42-,43-,44-,45-,46+/m0/s1. The molecule has 24 nitrogen and oxygen atoms in total. The van der Waals surface area contributed by atoms with E-state index in [4.69, 9.17) is 10.5 Å². The van der Waals surface area contributed by atoms with Gasteiger partial charge in [-0.3, -0.25) is 38.8 Å². The highest BCUT2D eigenvalue weighted by Gasteiger charge is 2.34. The first kappa shape index (κ1) is 61.2. The number of benzene rings is 3. The summed E-state index contributed by atoms with van der Waals surface area (Å²) in [5, 5.41) is 33.1. The molecule has 1 aliphatic heterocycles. The Hall–Kier alpha value is -8.39. The summed E-state index contributed by atoms with van der Waals surface area (Å²) < 4.78 is 6.54.